The number of carbonyl (C=O) groups is 4. The molecule has 0 heterocycles. The second kappa shape index (κ2) is 17.2. The molecule has 0 saturated heterocycles. The van der Waals surface area contributed by atoms with Gasteiger partial charge in [0, 0.05) is 6.54 Å². The second-order valence-electron chi connectivity index (χ2n) is 8.23. The highest BCUT2D eigenvalue weighted by atomic mass is 32.2. The molecular formula is C23H37N7O6S. The number of amides is 3. The normalized spacial score (nSPS) is 13.9. The second-order valence-corrected chi connectivity index (χ2v) is 9.22. The predicted molar refractivity (Wildman–Crippen MR) is 142 cm³/mol. The van der Waals surface area contributed by atoms with Gasteiger partial charge in [-0.25, -0.2) is 4.79 Å². The minimum Gasteiger partial charge on any atom is -0.480 e. The number of carbonyl (C=O) groups excluding carboxylic acids is 3. The molecule has 0 radical (unpaired) electrons. The van der Waals surface area contributed by atoms with Gasteiger partial charge in [0.05, 0.1) is 12.6 Å². The van der Waals surface area contributed by atoms with Crippen LogP contribution in [0.1, 0.15) is 24.8 Å². The Bertz CT molecular complexity index is 914. The molecule has 0 aliphatic rings. The van der Waals surface area contributed by atoms with Crippen molar-refractivity contribution >= 4 is 41.4 Å². The highest BCUT2D eigenvalue weighted by Gasteiger charge is 2.30. The molecule has 0 aromatic heterocycles. The topological polar surface area (TPSA) is 235 Å². The van der Waals surface area contributed by atoms with Gasteiger partial charge in [-0.2, -0.15) is 11.8 Å². The van der Waals surface area contributed by atoms with Crippen LogP contribution in [0.25, 0.3) is 0 Å². The van der Waals surface area contributed by atoms with E-state index in [4.69, 9.17) is 22.3 Å². The molecule has 4 atom stereocenters. The summed E-state index contributed by atoms with van der Waals surface area (Å²) in [6.45, 7) is -0.599. The number of nitrogens with two attached hydrogens (primary N) is 3. The number of guanidine groups is 1. The lowest BCUT2D eigenvalue weighted by Gasteiger charge is -2.25. The number of hydrogen-bond donors (Lipinski definition) is 8. The number of aliphatic hydroxyl groups excluding tert-OH is 1. The minimum atomic E-state index is -1.52. The number of aliphatic carboxylic acids is 1. The van der Waals surface area contributed by atoms with E-state index in [-0.39, 0.29) is 31.8 Å². The van der Waals surface area contributed by atoms with Gasteiger partial charge in [-0.3, -0.25) is 19.4 Å². The van der Waals surface area contributed by atoms with Crippen molar-refractivity contribution in [3.05, 3.63) is 35.9 Å². The quantitative estimate of drug-likeness (QED) is 0.0609. The fourth-order valence-corrected chi connectivity index (χ4v) is 3.72. The molecule has 0 bridgehead atoms. The van der Waals surface area contributed by atoms with Crippen LogP contribution >= 0.6 is 11.8 Å². The van der Waals surface area contributed by atoms with Crippen LogP contribution in [-0.2, 0) is 25.6 Å². The van der Waals surface area contributed by atoms with Crippen LogP contribution in [0.15, 0.2) is 35.3 Å². The average Bonchev–Trinajstić information content (AvgIpc) is 2.86. The smallest absolute Gasteiger partial charge is 0.328 e. The zero-order valence-electron chi connectivity index (χ0n) is 20.8. The summed E-state index contributed by atoms with van der Waals surface area (Å²) in [5, 5.41) is 25.8. The van der Waals surface area contributed by atoms with Gasteiger partial charge < -0.3 is 43.4 Å². The number of nitrogens with one attached hydrogen (secondary N) is 3. The highest BCUT2D eigenvalue weighted by molar-refractivity contribution is 7.98. The lowest BCUT2D eigenvalue weighted by Crippen LogP contribution is -2.57. The Morgan fingerprint density at radius 3 is 2.05 bits per heavy atom. The van der Waals surface area contributed by atoms with Crippen LogP contribution in [0.5, 0.6) is 0 Å². The Labute approximate surface area is 220 Å². The number of carboxylic acid groups (broad SMARTS) is 1. The van der Waals surface area contributed by atoms with E-state index in [0.717, 1.165) is 5.56 Å². The van der Waals surface area contributed by atoms with E-state index >= 15 is 0 Å². The zero-order chi connectivity index (χ0) is 27.8. The molecular weight excluding hydrogens is 502 g/mol. The van der Waals surface area contributed by atoms with Crippen molar-refractivity contribution < 1.29 is 29.4 Å². The predicted octanol–water partition coefficient (Wildman–Crippen LogP) is -2.11. The van der Waals surface area contributed by atoms with E-state index in [9.17, 15) is 24.3 Å². The molecule has 1 aromatic rings. The van der Waals surface area contributed by atoms with E-state index in [2.05, 4.69) is 20.9 Å². The summed E-state index contributed by atoms with van der Waals surface area (Å²) < 4.78 is 0. The fourth-order valence-electron chi connectivity index (χ4n) is 3.25. The maximum absolute atomic E-state index is 13.2. The van der Waals surface area contributed by atoms with Crippen molar-refractivity contribution in [3.8, 4) is 0 Å². The Hall–Kier alpha value is -3.36. The van der Waals surface area contributed by atoms with Crippen LogP contribution in [0.2, 0.25) is 0 Å². The Morgan fingerprint density at radius 2 is 1.51 bits per heavy atom. The first-order valence-electron chi connectivity index (χ1n) is 11.7. The van der Waals surface area contributed by atoms with Crippen molar-refractivity contribution in [2.45, 2.75) is 49.9 Å². The van der Waals surface area contributed by atoms with Crippen molar-refractivity contribution in [1.29, 1.82) is 0 Å². The Morgan fingerprint density at radius 1 is 0.946 bits per heavy atom. The third-order valence-corrected chi connectivity index (χ3v) is 5.90. The van der Waals surface area contributed by atoms with Gasteiger partial charge in [0.25, 0.3) is 0 Å². The molecule has 14 heteroatoms. The number of aliphatic hydroxyl groups is 1. The SMILES string of the molecule is CSCCC(NC(=O)C(CCCN=C(N)N)NC(=O)C(N)Cc1ccccc1)C(=O)NC(CO)C(=O)O. The number of nitrogens with zero attached hydrogens (tertiary/aromatic N) is 1. The molecule has 206 valence electrons. The van der Waals surface area contributed by atoms with Gasteiger partial charge in [-0.15, -0.1) is 0 Å². The molecule has 4 unspecified atom stereocenters. The molecule has 13 nitrogen and oxygen atoms in total. The third kappa shape index (κ3) is 12.4. The molecule has 0 saturated carbocycles. The average molecular weight is 540 g/mol. The van der Waals surface area contributed by atoms with Gasteiger partial charge >= 0.3 is 5.97 Å². The number of rotatable bonds is 17. The summed E-state index contributed by atoms with van der Waals surface area (Å²) >= 11 is 1.43. The summed E-state index contributed by atoms with van der Waals surface area (Å²) in [5.74, 6) is -3.01. The summed E-state index contributed by atoms with van der Waals surface area (Å²) in [6.07, 6.45) is 2.75. The number of aliphatic imine (C=N–C) groups is 1. The molecule has 0 spiro atoms. The number of hydrogen-bond acceptors (Lipinski definition) is 8. The van der Waals surface area contributed by atoms with Gasteiger partial charge in [-0.1, -0.05) is 30.3 Å². The molecule has 3 amide bonds. The van der Waals surface area contributed by atoms with Crippen LogP contribution in [0.3, 0.4) is 0 Å². The van der Waals surface area contributed by atoms with E-state index in [1.807, 2.05) is 36.6 Å². The van der Waals surface area contributed by atoms with Crippen molar-refractivity contribution in [2.24, 2.45) is 22.2 Å². The van der Waals surface area contributed by atoms with Crippen LogP contribution in [-0.4, -0.2) is 89.2 Å². The van der Waals surface area contributed by atoms with E-state index in [1.54, 1.807) is 0 Å². The molecule has 0 aliphatic heterocycles. The first-order chi connectivity index (χ1) is 17.6. The van der Waals surface area contributed by atoms with Crippen LogP contribution in [0.4, 0.5) is 0 Å². The lowest BCUT2D eigenvalue weighted by molar-refractivity contribution is -0.143. The van der Waals surface area contributed by atoms with E-state index < -0.39 is 54.5 Å². The summed E-state index contributed by atoms with van der Waals surface area (Å²) in [5.41, 5.74) is 17.6. The maximum atomic E-state index is 13.2. The van der Waals surface area contributed by atoms with Gasteiger partial charge in [0.15, 0.2) is 5.96 Å². The van der Waals surface area contributed by atoms with Crippen LogP contribution < -0.4 is 33.2 Å². The summed E-state index contributed by atoms with van der Waals surface area (Å²) in [6, 6.07) is 4.56. The lowest BCUT2D eigenvalue weighted by atomic mass is 10.0. The largest absolute Gasteiger partial charge is 0.480 e. The van der Waals surface area contributed by atoms with Crippen molar-refractivity contribution in [3.63, 3.8) is 0 Å². The molecule has 0 fully saturated rings. The maximum Gasteiger partial charge on any atom is 0.328 e. The van der Waals surface area contributed by atoms with Gasteiger partial charge in [0.2, 0.25) is 17.7 Å². The summed E-state index contributed by atoms with van der Waals surface area (Å²) in [7, 11) is 0. The minimum absolute atomic E-state index is 0.111. The standard InChI is InChI=1S/C23H37N7O6S/c1-37-11-9-17(21(34)30-18(13-31)22(35)36)29-20(33)16(8-5-10-27-23(25)26)28-19(32)15(24)12-14-6-3-2-4-7-14/h2-4,6-7,15-18,31H,5,8-13,24H2,1H3,(H,28,32)(H,29,33)(H,30,34)(H,35,36)(H4,25,26,27). The number of carboxylic acids is 1. The first-order valence-corrected chi connectivity index (χ1v) is 13.1. The Kier molecular flexibility index (Phi) is 14.7. The highest BCUT2D eigenvalue weighted by Crippen LogP contribution is 2.07. The molecule has 1 aromatic carbocycles. The van der Waals surface area contributed by atoms with Crippen LogP contribution in [0, 0.1) is 0 Å². The van der Waals surface area contributed by atoms with Crippen molar-refractivity contribution in [1.82, 2.24) is 16.0 Å². The zero-order valence-corrected chi connectivity index (χ0v) is 21.6. The molecule has 37 heavy (non-hydrogen) atoms. The third-order valence-electron chi connectivity index (χ3n) is 5.25. The van der Waals surface area contributed by atoms with E-state index in [1.165, 1.54) is 11.8 Å². The first kappa shape index (κ1) is 31.7. The van der Waals surface area contributed by atoms with E-state index in [0.29, 0.717) is 12.2 Å². The van der Waals surface area contributed by atoms with Gasteiger partial charge in [0.1, 0.15) is 18.1 Å². The monoisotopic (exact) mass is 539 g/mol. The summed E-state index contributed by atoms with van der Waals surface area (Å²) in [4.78, 5) is 53.7. The van der Waals surface area contributed by atoms with Crippen molar-refractivity contribution in [2.75, 3.05) is 25.2 Å². The van der Waals surface area contributed by atoms with Gasteiger partial charge in [-0.05, 0) is 43.3 Å². The Balaban J connectivity index is 2.97. The molecule has 0 aliphatic carbocycles. The molecule has 1 rings (SSSR count). The number of thioether (sulfide) groups is 1. The fraction of sp³-hybridized carbons (Fsp3) is 0.522. The number of benzene rings is 1. The molecule has 11 N–H and O–H groups in total.